The summed E-state index contributed by atoms with van der Waals surface area (Å²) in [5, 5.41) is 4.26. The Morgan fingerprint density at radius 1 is 1.25 bits per heavy atom. The molecule has 0 aliphatic rings. The molecule has 0 aliphatic carbocycles. The lowest BCUT2D eigenvalue weighted by Crippen LogP contribution is -1.92. The van der Waals surface area contributed by atoms with Crippen LogP contribution in [0, 0.1) is 0 Å². The Balaban J connectivity index is 2.18. The lowest BCUT2D eigenvalue weighted by atomic mass is 10.3. The molecule has 5 nitrogen and oxygen atoms in total. The van der Waals surface area contributed by atoms with Crippen LogP contribution < -0.4 is 0 Å². The summed E-state index contributed by atoms with van der Waals surface area (Å²) in [6.07, 6.45) is 11.1. The van der Waals surface area contributed by atoms with Crippen LogP contribution in [0.1, 0.15) is 6.92 Å². The Morgan fingerprint density at radius 3 is 3.00 bits per heavy atom. The van der Waals surface area contributed by atoms with Crippen LogP contribution in [0.5, 0.6) is 0 Å². The van der Waals surface area contributed by atoms with Crippen molar-refractivity contribution in [1.82, 2.24) is 24.1 Å². The van der Waals surface area contributed by atoms with Gasteiger partial charge < -0.3 is 0 Å². The highest BCUT2D eigenvalue weighted by Gasteiger charge is 2.07. The lowest BCUT2D eigenvalue weighted by Gasteiger charge is -1.96. The Hall–Kier alpha value is -2.17. The molecule has 3 aromatic heterocycles. The molecule has 0 bridgehead atoms. The van der Waals surface area contributed by atoms with Gasteiger partial charge >= 0.3 is 0 Å². The highest BCUT2D eigenvalue weighted by atomic mass is 15.3. The molecule has 0 radical (unpaired) electrons. The van der Waals surface area contributed by atoms with Crippen LogP contribution >= 0.6 is 0 Å². The van der Waals surface area contributed by atoms with Gasteiger partial charge in [-0.25, -0.2) is 4.98 Å². The van der Waals surface area contributed by atoms with Crippen LogP contribution in [0.4, 0.5) is 0 Å². The van der Waals surface area contributed by atoms with Crippen LogP contribution in [-0.2, 0) is 6.54 Å². The zero-order valence-corrected chi connectivity index (χ0v) is 8.91. The third-order valence-corrected chi connectivity index (χ3v) is 2.57. The number of imidazole rings is 1. The summed E-state index contributed by atoms with van der Waals surface area (Å²) in [6.45, 7) is 2.94. The van der Waals surface area contributed by atoms with Gasteiger partial charge in [-0.1, -0.05) is 0 Å². The maximum atomic E-state index is 4.29. The Kier molecular flexibility index (Phi) is 1.96. The number of hydrogen-bond acceptors (Lipinski definition) is 3. The van der Waals surface area contributed by atoms with Crippen molar-refractivity contribution in [3.8, 4) is 11.3 Å². The number of hydrogen-bond donors (Lipinski definition) is 0. The largest absolute Gasteiger partial charge is 0.297 e. The third-order valence-electron chi connectivity index (χ3n) is 2.57. The molecule has 0 aromatic carbocycles. The summed E-state index contributed by atoms with van der Waals surface area (Å²) in [5.74, 6) is 0. The molecule has 5 heteroatoms. The minimum atomic E-state index is 0.849. The maximum absolute atomic E-state index is 4.29. The van der Waals surface area contributed by atoms with Crippen molar-refractivity contribution in [2.24, 2.45) is 0 Å². The summed E-state index contributed by atoms with van der Waals surface area (Å²) < 4.78 is 3.90. The molecule has 0 saturated carbocycles. The van der Waals surface area contributed by atoms with Gasteiger partial charge in [0, 0.05) is 30.7 Å². The predicted octanol–water partition coefficient (Wildman–Crippen LogP) is 1.61. The molecule has 16 heavy (non-hydrogen) atoms. The molecule has 3 rings (SSSR count). The summed E-state index contributed by atoms with van der Waals surface area (Å²) in [7, 11) is 0. The van der Waals surface area contributed by atoms with E-state index in [1.807, 2.05) is 33.9 Å². The smallest absolute Gasteiger partial charge is 0.155 e. The molecule has 3 heterocycles. The summed E-state index contributed by atoms with van der Waals surface area (Å²) in [5.41, 5.74) is 2.96. The first-order valence-corrected chi connectivity index (χ1v) is 5.18. The van der Waals surface area contributed by atoms with Gasteiger partial charge in [-0.3, -0.25) is 14.1 Å². The topological polar surface area (TPSA) is 48.0 Å². The van der Waals surface area contributed by atoms with Crippen LogP contribution in [-0.4, -0.2) is 24.1 Å². The first kappa shape index (κ1) is 9.08. The van der Waals surface area contributed by atoms with Crippen molar-refractivity contribution >= 4 is 5.65 Å². The molecule has 0 N–H and O–H groups in total. The van der Waals surface area contributed by atoms with Gasteiger partial charge in [0.2, 0.25) is 0 Å². The van der Waals surface area contributed by atoms with E-state index in [2.05, 4.69) is 22.0 Å². The first-order chi connectivity index (χ1) is 7.88. The van der Waals surface area contributed by atoms with E-state index in [9.17, 15) is 0 Å². The number of aryl methyl sites for hydroxylation is 1. The van der Waals surface area contributed by atoms with Gasteiger partial charge in [0.15, 0.2) is 5.65 Å². The van der Waals surface area contributed by atoms with Crippen molar-refractivity contribution in [3.63, 3.8) is 0 Å². The summed E-state index contributed by atoms with van der Waals surface area (Å²) >= 11 is 0. The van der Waals surface area contributed by atoms with Gasteiger partial charge in [0.25, 0.3) is 0 Å². The zero-order valence-electron chi connectivity index (χ0n) is 8.91. The third kappa shape index (κ3) is 1.29. The summed E-state index contributed by atoms with van der Waals surface area (Å²) in [6, 6.07) is 0. The van der Waals surface area contributed by atoms with Gasteiger partial charge in [-0.05, 0) is 6.92 Å². The Bertz CT molecular complexity index is 622. The first-order valence-electron chi connectivity index (χ1n) is 5.18. The van der Waals surface area contributed by atoms with Crippen LogP contribution in [0.15, 0.2) is 37.2 Å². The quantitative estimate of drug-likeness (QED) is 0.649. The van der Waals surface area contributed by atoms with Gasteiger partial charge in [0.05, 0.1) is 24.3 Å². The van der Waals surface area contributed by atoms with E-state index in [0.717, 1.165) is 23.4 Å². The van der Waals surface area contributed by atoms with E-state index < -0.39 is 0 Å². The van der Waals surface area contributed by atoms with E-state index in [1.54, 1.807) is 12.4 Å². The number of fused-ring (bicyclic) bond motifs is 1. The Morgan fingerprint density at radius 2 is 2.19 bits per heavy atom. The minimum Gasteiger partial charge on any atom is -0.297 e. The fraction of sp³-hybridized carbons (Fsp3) is 0.182. The van der Waals surface area contributed by atoms with Crippen LogP contribution in [0.2, 0.25) is 0 Å². The predicted molar refractivity (Wildman–Crippen MR) is 59.9 cm³/mol. The van der Waals surface area contributed by atoms with E-state index in [0.29, 0.717) is 0 Å². The van der Waals surface area contributed by atoms with Gasteiger partial charge in [0.1, 0.15) is 0 Å². The molecule has 0 unspecified atom stereocenters. The second-order valence-electron chi connectivity index (χ2n) is 3.53. The van der Waals surface area contributed by atoms with Crippen LogP contribution in [0.3, 0.4) is 0 Å². The number of nitrogens with zero attached hydrogens (tertiary/aromatic N) is 5. The normalized spacial score (nSPS) is 11.1. The molecule has 0 amide bonds. The highest BCUT2D eigenvalue weighted by Crippen LogP contribution is 2.19. The van der Waals surface area contributed by atoms with Crippen molar-refractivity contribution in [1.29, 1.82) is 0 Å². The van der Waals surface area contributed by atoms with Gasteiger partial charge in [-0.15, -0.1) is 0 Å². The minimum absolute atomic E-state index is 0.849. The average molecular weight is 213 g/mol. The molecule has 3 aromatic rings. The van der Waals surface area contributed by atoms with Crippen molar-refractivity contribution in [2.45, 2.75) is 13.5 Å². The fourth-order valence-electron chi connectivity index (χ4n) is 1.72. The molecule has 0 aliphatic heterocycles. The van der Waals surface area contributed by atoms with E-state index in [-0.39, 0.29) is 0 Å². The van der Waals surface area contributed by atoms with Crippen molar-refractivity contribution in [3.05, 3.63) is 37.2 Å². The maximum Gasteiger partial charge on any atom is 0.155 e. The molecule has 0 atom stereocenters. The van der Waals surface area contributed by atoms with E-state index in [4.69, 9.17) is 0 Å². The SMILES string of the molecule is CCn1cc(-c2cnc3cnccn23)cn1. The van der Waals surface area contributed by atoms with Crippen molar-refractivity contribution < 1.29 is 0 Å². The summed E-state index contributed by atoms with van der Waals surface area (Å²) in [4.78, 5) is 8.33. The molecule has 80 valence electrons. The zero-order chi connectivity index (χ0) is 11.0. The average Bonchev–Trinajstić information content (AvgIpc) is 2.94. The fourth-order valence-corrected chi connectivity index (χ4v) is 1.72. The molecular formula is C11H11N5. The van der Waals surface area contributed by atoms with Crippen LogP contribution in [0.25, 0.3) is 16.9 Å². The monoisotopic (exact) mass is 213 g/mol. The molecule has 0 fully saturated rings. The lowest BCUT2D eigenvalue weighted by molar-refractivity contribution is 0.660. The van der Waals surface area contributed by atoms with E-state index >= 15 is 0 Å². The molecule has 0 saturated heterocycles. The second kappa shape index (κ2) is 3.44. The molecule has 0 spiro atoms. The number of rotatable bonds is 2. The van der Waals surface area contributed by atoms with Crippen molar-refractivity contribution in [2.75, 3.05) is 0 Å². The second-order valence-corrected chi connectivity index (χ2v) is 3.53. The molecular weight excluding hydrogens is 202 g/mol. The Labute approximate surface area is 92.4 Å². The van der Waals surface area contributed by atoms with Gasteiger partial charge in [-0.2, -0.15) is 5.10 Å². The number of aromatic nitrogens is 5. The standard InChI is InChI=1S/C11H11N5/c1-2-15-8-9(5-14-15)10-6-13-11-7-12-3-4-16(10)11/h3-8H,2H2,1H3. The van der Waals surface area contributed by atoms with E-state index in [1.165, 1.54) is 0 Å². The highest BCUT2D eigenvalue weighted by molar-refractivity contribution is 5.61.